The molecule has 6 fully saturated rings. The first-order valence-corrected chi connectivity index (χ1v) is 22.1. The third-order valence-electron chi connectivity index (χ3n) is 17.6. The number of carboxylic acids is 1. The zero-order chi connectivity index (χ0) is 38.1. The quantitative estimate of drug-likeness (QED) is 0.273. The number of carboxylic acid groups (broad SMARTS) is 1. The smallest absolute Gasteiger partial charge is 0.335 e. The molecular formula is C45H62N2O5S. The number of sulfone groups is 1. The normalized spacial score (nSPS) is 43.4. The Hall–Kier alpha value is -2.71. The maximum Gasteiger partial charge on any atom is 0.335 e. The molecule has 2 N–H and O–H groups in total. The van der Waals surface area contributed by atoms with E-state index in [1.54, 1.807) is 12.1 Å². The number of likely N-dealkylation sites (tertiary alicyclic amines) is 1. The van der Waals surface area contributed by atoms with Crippen LogP contribution >= 0.6 is 0 Å². The Bertz CT molecular complexity index is 1900. The van der Waals surface area contributed by atoms with Crippen molar-refractivity contribution in [2.24, 2.45) is 51.2 Å². The summed E-state index contributed by atoms with van der Waals surface area (Å²) < 4.78 is 24.9. The Morgan fingerprint density at radius 2 is 1.64 bits per heavy atom. The van der Waals surface area contributed by atoms with E-state index in [-0.39, 0.29) is 56.7 Å². The molecule has 11 unspecified atom stereocenters. The monoisotopic (exact) mass is 742 g/mol. The van der Waals surface area contributed by atoms with Crippen LogP contribution in [-0.4, -0.2) is 66.0 Å². The average molecular weight is 743 g/mol. The van der Waals surface area contributed by atoms with Gasteiger partial charge in [-0.25, -0.2) is 13.2 Å². The first-order chi connectivity index (χ1) is 24.8. The van der Waals surface area contributed by atoms with E-state index in [4.69, 9.17) is 0 Å². The molecular weight excluding hydrogens is 681 g/mol. The molecule has 288 valence electrons. The van der Waals surface area contributed by atoms with Crippen LogP contribution in [0.5, 0.6) is 0 Å². The lowest BCUT2D eigenvalue weighted by molar-refractivity contribution is -0.219. The molecule has 7 aliphatic rings. The molecule has 1 aromatic carbocycles. The van der Waals surface area contributed by atoms with E-state index in [0.717, 1.165) is 55.2 Å². The molecule has 11 atom stereocenters. The molecule has 0 spiro atoms. The highest BCUT2D eigenvalue weighted by Gasteiger charge is 2.71. The topological polar surface area (TPSA) is 104 Å². The van der Waals surface area contributed by atoms with Crippen LogP contribution in [-0.2, 0) is 14.6 Å². The van der Waals surface area contributed by atoms with Crippen molar-refractivity contribution in [2.45, 2.75) is 123 Å². The molecule has 0 radical (unpaired) electrons. The van der Waals surface area contributed by atoms with Crippen molar-refractivity contribution in [3.8, 4) is 0 Å². The minimum Gasteiger partial charge on any atom is -0.478 e. The second kappa shape index (κ2) is 12.1. The van der Waals surface area contributed by atoms with Crippen molar-refractivity contribution < 1.29 is 23.1 Å². The highest BCUT2D eigenvalue weighted by atomic mass is 32.2. The predicted octanol–water partition coefficient (Wildman–Crippen LogP) is 8.33. The van der Waals surface area contributed by atoms with Gasteiger partial charge in [-0.2, -0.15) is 0 Å². The van der Waals surface area contributed by atoms with Crippen LogP contribution in [0.25, 0.3) is 5.57 Å². The van der Waals surface area contributed by atoms with Crippen LogP contribution in [0.1, 0.15) is 122 Å². The summed E-state index contributed by atoms with van der Waals surface area (Å²) in [5.41, 5.74) is 5.13. The van der Waals surface area contributed by atoms with Crippen molar-refractivity contribution in [1.29, 1.82) is 0 Å². The standard InChI is InChI=1S/C45H62N2O5S/c1-27(2)28(3)33-15-20-45(46-38(48)25-47-24-32-23-31(47)26-53(32,51)52)22-21-43(7)35(39(33)45)13-14-37-42(6)18-16-34(29-9-11-30(12-10-29)40(49)50)41(4,5)36(42)17-19-44(37,43)8/h9-12,16,31-33,35-37,39H,1,3,13-15,17-26H2,2,4-8H3,(H,46,48)(H,49,50). The number of rotatable bonds is 7. The van der Waals surface area contributed by atoms with Crippen molar-refractivity contribution in [1.82, 2.24) is 10.2 Å². The highest BCUT2D eigenvalue weighted by Crippen LogP contribution is 2.76. The summed E-state index contributed by atoms with van der Waals surface area (Å²) in [6.07, 6.45) is 13.0. The van der Waals surface area contributed by atoms with Crippen LogP contribution in [0, 0.1) is 51.2 Å². The summed E-state index contributed by atoms with van der Waals surface area (Å²) in [6, 6.07) is 7.47. The molecule has 2 bridgehead atoms. The number of nitrogens with zero attached hydrogens (tertiary/aromatic N) is 1. The van der Waals surface area contributed by atoms with Crippen LogP contribution in [0.15, 0.2) is 54.6 Å². The van der Waals surface area contributed by atoms with Crippen LogP contribution < -0.4 is 5.32 Å². The first-order valence-electron chi connectivity index (χ1n) is 20.4. The third kappa shape index (κ3) is 5.29. The minimum absolute atomic E-state index is 0.0295. The van der Waals surface area contributed by atoms with Gasteiger partial charge >= 0.3 is 5.97 Å². The number of amides is 1. The molecule has 8 heteroatoms. The molecule has 53 heavy (non-hydrogen) atoms. The first kappa shape index (κ1) is 37.2. The van der Waals surface area contributed by atoms with Gasteiger partial charge in [0, 0.05) is 18.1 Å². The summed E-state index contributed by atoms with van der Waals surface area (Å²) in [4.78, 5) is 27.8. The molecule has 2 aliphatic heterocycles. The SMILES string of the molecule is C=C(C)C(=C)C1CCC2(NC(=O)CN3CC4CC3CS4(=O)=O)CCC3(C)C(CCC4C5(C)CC=C(c6ccc(C(=O)O)cc6)C(C)(C)C5CCC43C)C12. The third-order valence-corrected chi connectivity index (χ3v) is 19.8. The molecule has 7 nitrogen and oxygen atoms in total. The van der Waals surface area contributed by atoms with Crippen LogP contribution in [0.3, 0.4) is 0 Å². The van der Waals surface area contributed by atoms with Crippen molar-refractivity contribution in [2.75, 3.05) is 18.8 Å². The summed E-state index contributed by atoms with van der Waals surface area (Å²) >= 11 is 0. The van der Waals surface area contributed by atoms with Gasteiger partial charge in [0.1, 0.15) is 0 Å². The zero-order valence-corrected chi connectivity index (χ0v) is 33.8. The van der Waals surface area contributed by atoms with Crippen LogP contribution in [0.2, 0.25) is 0 Å². The van der Waals surface area contributed by atoms with E-state index < -0.39 is 15.8 Å². The molecule has 2 saturated heterocycles. The van der Waals surface area contributed by atoms with E-state index in [9.17, 15) is 23.1 Å². The minimum atomic E-state index is -3.01. The van der Waals surface area contributed by atoms with Gasteiger partial charge in [0.25, 0.3) is 0 Å². The molecule has 1 amide bonds. The number of allylic oxidation sites excluding steroid dienone is 4. The Labute approximate surface area is 318 Å². The maximum absolute atomic E-state index is 14.0. The number of benzene rings is 1. The number of fused-ring (bicyclic) bond motifs is 9. The predicted molar refractivity (Wildman–Crippen MR) is 211 cm³/mol. The van der Waals surface area contributed by atoms with Gasteiger partial charge in [-0.3, -0.25) is 9.69 Å². The van der Waals surface area contributed by atoms with Gasteiger partial charge in [0.05, 0.1) is 23.1 Å². The number of carbonyl (C=O) groups is 2. The fourth-order valence-corrected chi connectivity index (χ4v) is 17.0. The van der Waals surface area contributed by atoms with Crippen molar-refractivity contribution >= 4 is 27.3 Å². The summed E-state index contributed by atoms with van der Waals surface area (Å²) in [7, 11) is -3.01. The van der Waals surface area contributed by atoms with Gasteiger partial charge in [-0.15, -0.1) is 0 Å². The lowest BCUT2D eigenvalue weighted by Gasteiger charge is -2.72. The number of nitrogens with one attached hydrogen (secondary N) is 1. The molecule has 4 saturated carbocycles. The Kier molecular flexibility index (Phi) is 8.53. The second-order valence-corrected chi connectivity index (χ2v) is 22.4. The largest absolute Gasteiger partial charge is 0.478 e. The number of hydrogen-bond acceptors (Lipinski definition) is 5. The summed E-state index contributed by atoms with van der Waals surface area (Å²) in [6.45, 7) is 24.6. The maximum atomic E-state index is 14.0. The Balaban J connectivity index is 1.08. The lowest BCUT2D eigenvalue weighted by Crippen LogP contribution is -2.68. The molecule has 0 aromatic heterocycles. The summed E-state index contributed by atoms with van der Waals surface area (Å²) in [5.74, 6) is 1.52. The van der Waals surface area contributed by atoms with Gasteiger partial charge in [-0.1, -0.05) is 71.6 Å². The molecule has 2 heterocycles. The second-order valence-electron chi connectivity index (χ2n) is 20.0. The van der Waals surface area contributed by atoms with E-state index in [1.807, 2.05) is 12.1 Å². The Morgan fingerprint density at radius 1 is 0.925 bits per heavy atom. The van der Waals surface area contributed by atoms with E-state index >= 15 is 0 Å². The number of carbonyl (C=O) groups excluding carboxylic acids is 1. The fourth-order valence-electron chi connectivity index (χ4n) is 14.9. The van der Waals surface area contributed by atoms with Gasteiger partial charge < -0.3 is 10.4 Å². The molecule has 1 aromatic rings. The fraction of sp³-hybridized carbons (Fsp3) is 0.689. The van der Waals surface area contributed by atoms with E-state index in [1.165, 1.54) is 24.8 Å². The lowest BCUT2D eigenvalue weighted by atomic mass is 9.33. The van der Waals surface area contributed by atoms with E-state index in [2.05, 4.69) is 71.0 Å². The average Bonchev–Trinajstić information content (AvgIpc) is 3.74. The van der Waals surface area contributed by atoms with Gasteiger partial charge in [0.2, 0.25) is 5.91 Å². The van der Waals surface area contributed by atoms with Crippen molar-refractivity contribution in [3.05, 3.63) is 65.8 Å². The molecule has 8 rings (SSSR count). The summed E-state index contributed by atoms with van der Waals surface area (Å²) in [5, 5.41) is 12.9. The van der Waals surface area contributed by atoms with Gasteiger partial charge in [-0.05, 0) is 151 Å². The number of aromatic carboxylic acids is 1. The molecule has 5 aliphatic carbocycles. The van der Waals surface area contributed by atoms with Crippen LogP contribution in [0.4, 0.5) is 0 Å². The highest BCUT2D eigenvalue weighted by molar-refractivity contribution is 7.92. The van der Waals surface area contributed by atoms with Crippen molar-refractivity contribution in [3.63, 3.8) is 0 Å². The van der Waals surface area contributed by atoms with E-state index in [0.29, 0.717) is 48.1 Å². The Morgan fingerprint density at radius 3 is 2.26 bits per heavy atom. The zero-order valence-electron chi connectivity index (χ0n) is 33.0. The van der Waals surface area contributed by atoms with Gasteiger partial charge in [0.15, 0.2) is 9.84 Å². The number of hydrogen-bond donors (Lipinski definition) is 2.